The number of carbonyl (C=O) groups is 3. The van der Waals surface area contributed by atoms with Gasteiger partial charge in [0, 0.05) is 42.9 Å². The van der Waals surface area contributed by atoms with Crippen molar-refractivity contribution in [3.05, 3.63) is 114 Å². The van der Waals surface area contributed by atoms with Gasteiger partial charge in [-0.1, -0.05) is 91.9 Å². The highest BCUT2D eigenvalue weighted by Gasteiger charge is 2.32. The van der Waals surface area contributed by atoms with Crippen LogP contribution in [-0.2, 0) is 22.6 Å². The molecule has 0 aliphatic carbocycles. The van der Waals surface area contributed by atoms with Crippen LogP contribution in [0.25, 0.3) is 10.8 Å². The van der Waals surface area contributed by atoms with Crippen LogP contribution in [0.3, 0.4) is 0 Å². The van der Waals surface area contributed by atoms with Gasteiger partial charge in [0.1, 0.15) is 6.04 Å². The first-order chi connectivity index (χ1) is 20.0. The lowest BCUT2D eigenvalue weighted by Gasteiger charge is -2.32. The Morgan fingerprint density at radius 2 is 1.51 bits per heavy atom. The summed E-state index contributed by atoms with van der Waals surface area (Å²) in [5.41, 5.74) is 3.56. The molecule has 0 unspecified atom stereocenters. The Balaban J connectivity index is 1.36. The third-order valence-electron chi connectivity index (χ3n) is 7.89. The van der Waals surface area contributed by atoms with Crippen LogP contribution in [0.4, 0.5) is 5.69 Å². The molecule has 5 rings (SSSR count). The van der Waals surface area contributed by atoms with Crippen molar-refractivity contribution in [2.45, 2.75) is 58.2 Å². The van der Waals surface area contributed by atoms with Gasteiger partial charge in [0.2, 0.25) is 11.8 Å². The van der Waals surface area contributed by atoms with Crippen molar-refractivity contribution in [2.75, 3.05) is 11.4 Å². The minimum Gasteiger partial charge on any atom is -0.352 e. The highest BCUT2D eigenvalue weighted by molar-refractivity contribution is 6.25. The number of rotatable bonds is 12. The second-order valence-electron chi connectivity index (χ2n) is 10.8. The summed E-state index contributed by atoms with van der Waals surface area (Å²) in [6, 6.07) is 30.7. The van der Waals surface area contributed by atoms with Crippen molar-refractivity contribution in [1.82, 2.24) is 10.2 Å². The van der Waals surface area contributed by atoms with Gasteiger partial charge in [-0.25, -0.2) is 0 Å². The van der Waals surface area contributed by atoms with Crippen molar-refractivity contribution in [3.8, 4) is 0 Å². The molecule has 0 radical (unpaired) electrons. The fourth-order valence-electron chi connectivity index (χ4n) is 5.51. The van der Waals surface area contributed by atoms with Gasteiger partial charge in [-0.3, -0.25) is 14.4 Å². The molecule has 6 heteroatoms. The van der Waals surface area contributed by atoms with E-state index in [1.54, 1.807) is 9.80 Å². The van der Waals surface area contributed by atoms with Crippen LogP contribution in [0.15, 0.2) is 97.1 Å². The predicted molar refractivity (Wildman–Crippen MR) is 164 cm³/mol. The summed E-state index contributed by atoms with van der Waals surface area (Å²) in [6.45, 7) is 4.77. The first-order valence-electron chi connectivity index (χ1n) is 14.5. The van der Waals surface area contributed by atoms with E-state index < -0.39 is 6.04 Å². The van der Waals surface area contributed by atoms with Gasteiger partial charge in [-0.15, -0.1) is 0 Å². The summed E-state index contributed by atoms with van der Waals surface area (Å²) in [5.74, 6) is -0.277. The van der Waals surface area contributed by atoms with Gasteiger partial charge in [-0.05, 0) is 48.4 Å². The number of nitrogens with one attached hydrogen (secondary N) is 1. The summed E-state index contributed by atoms with van der Waals surface area (Å²) in [7, 11) is 0. The number of hydrogen-bond donors (Lipinski definition) is 1. The Hall–Kier alpha value is -4.45. The molecule has 0 saturated carbocycles. The van der Waals surface area contributed by atoms with Crippen LogP contribution in [0.2, 0.25) is 0 Å². The first-order valence-corrected chi connectivity index (χ1v) is 14.5. The topological polar surface area (TPSA) is 69.7 Å². The Morgan fingerprint density at radius 3 is 2.20 bits per heavy atom. The lowest BCUT2D eigenvalue weighted by molar-refractivity contribution is -0.141. The van der Waals surface area contributed by atoms with Crippen molar-refractivity contribution >= 4 is 34.2 Å². The van der Waals surface area contributed by atoms with E-state index in [1.165, 1.54) is 0 Å². The highest BCUT2D eigenvalue weighted by Crippen LogP contribution is 2.37. The van der Waals surface area contributed by atoms with Crippen LogP contribution in [0.1, 0.15) is 54.6 Å². The van der Waals surface area contributed by atoms with Gasteiger partial charge in [0.25, 0.3) is 5.91 Å². The molecule has 0 aromatic heterocycles. The van der Waals surface area contributed by atoms with Gasteiger partial charge in [0.15, 0.2) is 0 Å². The largest absolute Gasteiger partial charge is 0.352 e. The van der Waals surface area contributed by atoms with E-state index in [9.17, 15) is 14.4 Å². The lowest BCUT2D eigenvalue weighted by atomic mass is 10.0. The van der Waals surface area contributed by atoms with E-state index >= 15 is 0 Å². The van der Waals surface area contributed by atoms with Crippen LogP contribution in [-0.4, -0.2) is 41.2 Å². The molecule has 1 aliphatic rings. The molecule has 0 fully saturated rings. The number of nitrogens with zero attached hydrogens (tertiary/aromatic N) is 2. The molecule has 4 aromatic rings. The maximum Gasteiger partial charge on any atom is 0.258 e. The third kappa shape index (κ3) is 6.32. The molecule has 4 aromatic carbocycles. The van der Waals surface area contributed by atoms with Gasteiger partial charge in [0.05, 0.1) is 5.69 Å². The van der Waals surface area contributed by atoms with E-state index in [0.29, 0.717) is 31.5 Å². The Morgan fingerprint density at radius 1 is 0.854 bits per heavy atom. The molecular weight excluding hydrogens is 510 g/mol. The summed E-state index contributed by atoms with van der Waals surface area (Å²) in [4.78, 5) is 44.3. The molecule has 3 amide bonds. The number of amides is 3. The van der Waals surface area contributed by atoms with Crippen molar-refractivity contribution in [2.24, 2.45) is 0 Å². The molecule has 210 valence electrons. The molecule has 0 saturated heterocycles. The van der Waals surface area contributed by atoms with Crippen LogP contribution in [0.5, 0.6) is 0 Å². The fourth-order valence-corrected chi connectivity index (χ4v) is 5.51. The minimum absolute atomic E-state index is 0.0000271. The maximum absolute atomic E-state index is 13.9. The van der Waals surface area contributed by atoms with E-state index in [0.717, 1.165) is 34.0 Å². The van der Waals surface area contributed by atoms with E-state index in [-0.39, 0.29) is 30.2 Å². The molecule has 41 heavy (non-hydrogen) atoms. The molecule has 6 nitrogen and oxygen atoms in total. The van der Waals surface area contributed by atoms with Crippen LogP contribution >= 0.6 is 0 Å². The minimum atomic E-state index is -0.662. The summed E-state index contributed by atoms with van der Waals surface area (Å²) < 4.78 is 0. The average Bonchev–Trinajstić information content (AvgIpc) is 3.27. The highest BCUT2D eigenvalue weighted by atomic mass is 16.2. The fraction of sp³-hybridized carbons (Fsp3) is 0.286. The van der Waals surface area contributed by atoms with E-state index in [1.807, 2.05) is 111 Å². The number of carbonyl (C=O) groups excluding carboxylic acids is 3. The third-order valence-corrected chi connectivity index (χ3v) is 7.89. The Kier molecular flexibility index (Phi) is 8.78. The number of benzene rings is 4. The molecule has 1 heterocycles. The summed E-state index contributed by atoms with van der Waals surface area (Å²) in [5, 5.41) is 5.13. The SMILES string of the molecule is CC[C@H](C)NC(=O)[C@H](Cc1ccccc1)N(Cc1ccccc1)C(=O)CCCN1C(=O)c2cccc3cccc1c23. The van der Waals surface area contributed by atoms with Gasteiger partial charge < -0.3 is 15.1 Å². The zero-order valence-corrected chi connectivity index (χ0v) is 23.8. The van der Waals surface area contributed by atoms with Crippen LogP contribution in [0, 0.1) is 0 Å². The van der Waals surface area contributed by atoms with Crippen molar-refractivity contribution in [1.29, 1.82) is 0 Å². The van der Waals surface area contributed by atoms with Crippen molar-refractivity contribution in [3.63, 3.8) is 0 Å². The second-order valence-corrected chi connectivity index (χ2v) is 10.8. The monoisotopic (exact) mass is 547 g/mol. The summed E-state index contributed by atoms with van der Waals surface area (Å²) in [6.07, 6.45) is 1.94. The zero-order chi connectivity index (χ0) is 28.8. The quantitative estimate of drug-likeness (QED) is 0.232. The zero-order valence-electron chi connectivity index (χ0n) is 23.8. The smallest absolute Gasteiger partial charge is 0.258 e. The Labute approximate surface area is 242 Å². The van der Waals surface area contributed by atoms with E-state index in [2.05, 4.69) is 5.32 Å². The standard InChI is InChI=1S/C35H37N3O3/c1-3-25(2)36-34(40)31(23-26-13-6-4-7-14-26)38(24-27-15-8-5-9-16-27)32(39)21-12-22-37-30-20-11-18-28-17-10-19-29(33(28)30)35(37)41/h4-11,13-20,25,31H,3,12,21-24H2,1-2H3,(H,36,40)/t25-,31-/m0/s1. The van der Waals surface area contributed by atoms with Crippen LogP contribution < -0.4 is 10.2 Å². The Bertz CT molecular complexity index is 1510. The predicted octanol–water partition coefficient (Wildman–Crippen LogP) is 6.14. The molecule has 0 bridgehead atoms. The van der Waals surface area contributed by atoms with E-state index in [4.69, 9.17) is 0 Å². The lowest BCUT2D eigenvalue weighted by Crippen LogP contribution is -2.52. The van der Waals surface area contributed by atoms with Gasteiger partial charge in [-0.2, -0.15) is 0 Å². The molecular formula is C35H37N3O3. The normalized spacial score (nSPS) is 13.7. The van der Waals surface area contributed by atoms with Gasteiger partial charge >= 0.3 is 0 Å². The second kappa shape index (κ2) is 12.8. The first kappa shape index (κ1) is 28.1. The maximum atomic E-state index is 13.9. The molecule has 1 aliphatic heterocycles. The number of hydrogen-bond acceptors (Lipinski definition) is 3. The number of anilines is 1. The van der Waals surface area contributed by atoms with Crippen molar-refractivity contribution < 1.29 is 14.4 Å². The molecule has 1 N–H and O–H groups in total. The molecule has 0 spiro atoms. The summed E-state index contributed by atoms with van der Waals surface area (Å²) >= 11 is 0. The average molecular weight is 548 g/mol. The molecule has 2 atom stereocenters.